The van der Waals surface area contributed by atoms with Gasteiger partial charge in [-0.25, -0.2) is 4.98 Å². The molecule has 0 atom stereocenters. The van der Waals surface area contributed by atoms with Crippen LogP contribution in [0.4, 0.5) is 0 Å². The molecule has 1 heterocycles. The largest absolute Gasteiger partial charge is 0.477 e. The molecule has 25 heavy (non-hydrogen) atoms. The lowest BCUT2D eigenvalue weighted by molar-refractivity contribution is 0.290. The van der Waals surface area contributed by atoms with Crippen LogP contribution in [0.15, 0.2) is 36.5 Å². The first kappa shape index (κ1) is 19.4. The monoisotopic (exact) mass is 340 g/mol. The summed E-state index contributed by atoms with van der Waals surface area (Å²) < 4.78 is 6.05. The standard InChI is InChI=1S/C22H32N2O/c1-3-5-7-10-16-20-18-23-21(19-14-11-9-12-15-19)24-22(20)25-17-13-8-6-4-2/h9,11-12,14-15,18H,3-8,10,13,16-17H2,1-2H3. The lowest BCUT2D eigenvalue weighted by atomic mass is 10.1. The van der Waals surface area contributed by atoms with Crippen molar-refractivity contribution >= 4 is 0 Å². The molecule has 0 saturated carbocycles. The molecule has 2 rings (SSSR count). The lowest BCUT2D eigenvalue weighted by Gasteiger charge is -2.12. The minimum atomic E-state index is 0.743. The van der Waals surface area contributed by atoms with Crippen molar-refractivity contribution in [1.29, 1.82) is 0 Å². The van der Waals surface area contributed by atoms with E-state index in [1.54, 1.807) is 0 Å². The normalized spacial score (nSPS) is 10.8. The van der Waals surface area contributed by atoms with Gasteiger partial charge < -0.3 is 4.74 Å². The minimum Gasteiger partial charge on any atom is -0.477 e. The van der Waals surface area contributed by atoms with Gasteiger partial charge in [0.05, 0.1) is 6.61 Å². The predicted molar refractivity (Wildman–Crippen MR) is 105 cm³/mol. The van der Waals surface area contributed by atoms with Gasteiger partial charge in [0, 0.05) is 17.3 Å². The van der Waals surface area contributed by atoms with Crippen molar-refractivity contribution in [3.05, 3.63) is 42.1 Å². The summed E-state index contributed by atoms with van der Waals surface area (Å²) in [6, 6.07) is 10.1. The number of unbranched alkanes of at least 4 members (excludes halogenated alkanes) is 6. The number of nitrogens with zero attached hydrogens (tertiary/aromatic N) is 2. The molecule has 0 unspecified atom stereocenters. The molecule has 0 fully saturated rings. The second-order valence-electron chi connectivity index (χ2n) is 6.61. The fraction of sp³-hybridized carbons (Fsp3) is 0.545. The van der Waals surface area contributed by atoms with Crippen molar-refractivity contribution in [2.24, 2.45) is 0 Å². The summed E-state index contributed by atoms with van der Waals surface area (Å²) in [5, 5.41) is 0. The van der Waals surface area contributed by atoms with Crippen LogP contribution in [-0.4, -0.2) is 16.6 Å². The maximum Gasteiger partial charge on any atom is 0.220 e. The Morgan fingerprint density at radius 3 is 2.28 bits per heavy atom. The summed E-state index contributed by atoms with van der Waals surface area (Å²) in [4.78, 5) is 9.30. The average Bonchev–Trinajstić information content (AvgIpc) is 2.66. The van der Waals surface area contributed by atoms with Crippen LogP contribution in [0.2, 0.25) is 0 Å². The van der Waals surface area contributed by atoms with Crippen molar-refractivity contribution in [2.75, 3.05) is 6.61 Å². The molecule has 0 bridgehead atoms. The minimum absolute atomic E-state index is 0.743. The summed E-state index contributed by atoms with van der Waals surface area (Å²) in [6.45, 7) is 5.21. The SMILES string of the molecule is CCCCCCOc1nc(-c2ccccc2)ncc1CCCCCC. The maximum absolute atomic E-state index is 6.05. The van der Waals surface area contributed by atoms with Crippen LogP contribution >= 0.6 is 0 Å². The lowest BCUT2D eigenvalue weighted by Crippen LogP contribution is -2.05. The van der Waals surface area contributed by atoms with Gasteiger partial charge >= 0.3 is 0 Å². The molecular formula is C22H32N2O. The van der Waals surface area contributed by atoms with Crippen LogP contribution in [-0.2, 0) is 6.42 Å². The van der Waals surface area contributed by atoms with E-state index < -0.39 is 0 Å². The van der Waals surface area contributed by atoms with E-state index in [1.807, 2.05) is 36.5 Å². The van der Waals surface area contributed by atoms with E-state index in [9.17, 15) is 0 Å². The molecule has 2 aromatic rings. The molecule has 0 amide bonds. The molecule has 0 saturated heterocycles. The van der Waals surface area contributed by atoms with Gasteiger partial charge in [-0.3, -0.25) is 0 Å². The second kappa shape index (κ2) is 11.6. The fourth-order valence-corrected chi connectivity index (χ4v) is 2.85. The highest BCUT2D eigenvalue weighted by Gasteiger charge is 2.10. The topological polar surface area (TPSA) is 35.0 Å². The van der Waals surface area contributed by atoms with Crippen LogP contribution in [0.1, 0.15) is 70.8 Å². The number of benzene rings is 1. The summed E-state index contributed by atoms with van der Waals surface area (Å²) in [7, 11) is 0. The first-order valence-electron chi connectivity index (χ1n) is 9.89. The first-order chi connectivity index (χ1) is 12.3. The van der Waals surface area contributed by atoms with Crippen molar-refractivity contribution in [3.8, 4) is 17.3 Å². The quantitative estimate of drug-likeness (QED) is 0.430. The van der Waals surface area contributed by atoms with E-state index in [2.05, 4.69) is 18.8 Å². The van der Waals surface area contributed by atoms with E-state index in [1.165, 1.54) is 44.9 Å². The molecule has 0 radical (unpaired) electrons. The highest BCUT2D eigenvalue weighted by molar-refractivity contribution is 5.55. The zero-order chi connectivity index (χ0) is 17.7. The third-order valence-corrected chi connectivity index (χ3v) is 4.39. The highest BCUT2D eigenvalue weighted by Crippen LogP contribution is 2.23. The Labute approximate surface area is 152 Å². The Balaban J connectivity index is 2.05. The molecule has 0 spiro atoms. The summed E-state index contributed by atoms with van der Waals surface area (Å²) in [5.74, 6) is 1.53. The van der Waals surface area contributed by atoms with E-state index in [0.29, 0.717) is 0 Å². The zero-order valence-corrected chi connectivity index (χ0v) is 15.8. The van der Waals surface area contributed by atoms with Crippen molar-refractivity contribution in [3.63, 3.8) is 0 Å². The Hall–Kier alpha value is -1.90. The predicted octanol–water partition coefficient (Wildman–Crippen LogP) is 6.23. The van der Waals surface area contributed by atoms with Gasteiger partial charge in [0.25, 0.3) is 0 Å². The number of hydrogen-bond donors (Lipinski definition) is 0. The molecule has 1 aromatic heterocycles. The van der Waals surface area contributed by atoms with Crippen LogP contribution < -0.4 is 4.74 Å². The van der Waals surface area contributed by atoms with Crippen LogP contribution in [0, 0.1) is 0 Å². The summed E-state index contributed by atoms with van der Waals surface area (Å²) in [5.41, 5.74) is 2.18. The Morgan fingerprint density at radius 1 is 0.840 bits per heavy atom. The molecule has 0 aliphatic heterocycles. The number of rotatable bonds is 12. The molecule has 136 valence electrons. The number of ether oxygens (including phenoxy) is 1. The number of aryl methyl sites for hydroxylation is 1. The van der Waals surface area contributed by atoms with Crippen molar-refractivity contribution in [2.45, 2.75) is 71.6 Å². The van der Waals surface area contributed by atoms with E-state index in [4.69, 9.17) is 9.72 Å². The van der Waals surface area contributed by atoms with Gasteiger partial charge in [-0.1, -0.05) is 82.7 Å². The van der Waals surface area contributed by atoms with Gasteiger partial charge in [-0.05, 0) is 19.3 Å². The van der Waals surface area contributed by atoms with Gasteiger partial charge in [-0.2, -0.15) is 4.98 Å². The summed E-state index contributed by atoms with van der Waals surface area (Å²) >= 11 is 0. The van der Waals surface area contributed by atoms with Gasteiger partial charge in [0.2, 0.25) is 5.88 Å². The van der Waals surface area contributed by atoms with Crippen LogP contribution in [0.5, 0.6) is 5.88 Å². The molecule has 1 aromatic carbocycles. The molecule has 0 aliphatic rings. The van der Waals surface area contributed by atoms with E-state index >= 15 is 0 Å². The molecular weight excluding hydrogens is 308 g/mol. The Morgan fingerprint density at radius 2 is 1.56 bits per heavy atom. The Kier molecular flexibility index (Phi) is 9.03. The Bertz CT molecular complexity index is 598. The third-order valence-electron chi connectivity index (χ3n) is 4.39. The van der Waals surface area contributed by atoms with Crippen molar-refractivity contribution in [1.82, 2.24) is 9.97 Å². The summed E-state index contributed by atoms with van der Waals surface area (Å²) in [6.07, 6.45) is 12.8. The number of aromatic nitrogens is 2. The molecule has 3 heteroatoms. The molecule has 0 aliphatic carbocycles. The van der Waals surface area contributed by atoms with Gasteiger partial charge in [-0.15, -0.1) is 0 Å². The molecule has 3 nitrogen and oxygen atoms in total. The third kappa shape index (κ3) is 6.85. The van der Waals surface area contributed by atoms with E-state index in [-0.39, 0.29) is 0 Å². The van der Waals surface area contributed by atoms with Crippen molar-refractivity contribution < 1.29 is 4.74 Å². The molecule has 0 N–H and O–H groups in total. The van der Waals surface area contributed by atoms with Gasteiger partial charge in [0.1, 0.15) is 0 Å². The highest BCUT2D eigenvalue weighted by atomic mass is 16.5. The fourth-order valence-electron chi connectivity index (χ4n) is 2.85. The zero-order valence-electron chi connectivity index (χ0n) is 15.8. The van der Waals surface area contributed by atoms with Gasteiger partial charge in [0.15, 0.2) is 5.82 Å². The average molecular weight is 341 g/mol. The smallest absolute Gasteiger partial charge is 0.220 e. The van der Waals surface area contributed by atoms with Crippen LogP contribution in [0.25, 0.3) is 11.4 Å². The van der Waals surface area contributed by atoms with Crippen LogP contribution in [0.3, 0.4) is 0 Å². The first-order valence-corrected chi connectivity index (χ1v) is 9.89. The van der Waals surface area contributed by atoms with E-state index in [0.717, 1.165) is 42.3 Å². The maximum atomic E-state index is 6.05. The number of hydrogen-bond acceptors (Lipinski definition) is 3. The second-order valence-corrected chi connectivity index (χ2v) is 6.61.